The van der Waals surface area contributed by atoms with Crippen molar-refractivity contribution in [2.45, 2.75) is 50.6 Å². The van der Waals surface area contributed by atoms with Crippen molar-refractivity contribution in [2.75, 3.05) is 0 Å². The molecule has 2 atom stereocenters. The molecule has 1 heterocycles. The van der Waals surface area contributed by atoms with Gasteiger partial charge in [0.15, 0.2) is 0 Å². The number of nitrogens with zero attached hydrogens (tertiary/aromatic N) is 2. The van der Waals surface area contributed by atoms with Crippen molar-refractivity contribution in [2.24, 2.45) is 0 Å². The number of pyridine rings is 1. The Labute approximate surface area is 302 Å². The van der Waals surface area contributed by atoms with E-state index in [1.165, 1.54) is 11.1 Å². The van der Waals surface area contributed by atoms with Gasteiger partial charge in [-0.2, -0.15) is 0 Å². The molecule has 5 rings (SSSR count). The third-order valence-corrected chi connectivity index (χ3v) is 7.87. The average Bonchev–Trinajstić information content (AvgIpc) is 3.05. The van der Waals surface area contributed by atoms with E-state index >= 15 is 0 Å². The summed E-state index contributed by atoms with van der Waals surface area (Å²) in [7, 11) is -9.87. The van der Waals surface area contributed by atoms with Crippen molar-refractivity contribution in [1.82, 2.24) is 4.98 Å². The Morgan fingerprint density at radius 3 is 1.39 bits per heavy atom. The van der Waals surface area contributed by atoms with Gasteiger partial charge in [0.1, 0.15) is 10.0 Å². The summed E-state index contributed by atoms with van der Waals surface area (Å²) in [5.41, 5.74) is 13.8. The Hall–Kier alpha value is -3.69. The first-order valence-corrected chi connectivity index (χ1v) is 16.2. The van der Waals surface area contributed by atoms with E-state index in [2.05, 4.69) is 54.7 Å². The number of halogens is 4. The van der Waals surface area contributed by atoms with Crippen LogP contribution in [0.4, 0.5) is 17.3 Å². The fourth-order valence-corrected chi connectivity index (χ4v) is 5.14. The van der Waals surface area contributed by atoms with Crippen LogP contribution >= 0.6 is 0 Å². The van der Waals surface area contributed by atoms with Crippen molar-refractivity contribution in [3.63, 3.8) is 0 Å². The van der Waals surface area contributed by atoms with Gasteiger partial charge in [0.25, 0.3) is 0 Å². The van der Waals surface area contributed by atoms with Gasteiger partial charge in [-0.3, -0.25) is 4.98 Å². The van der Waals surface area contributed by atoms with Crippen molar-refractivity contribution < 1.29 is 45.2 Å². The molecule has 49 heavy (non-hydrogen) atoms. The van der Waals surface area contributed by atoms with Gasteiger partial charge < -0.3 is 35.1 Å². The fourth-order valence-electron chi connectivity index (χ4n) is 3.99. The van der Waals surface area contributed by atoms with Crippen molar-refractivity contribution in [3.05, 3.63) is 185 Å². The molecular weight excluding hydrogens is 738 g/mol. The molecule has 0 aliphatic carbocycles. The summed E-state index contributed by atoms with van der Waals surface area (Å²) >= 11 is 0. The summed E-state index contributed by atoms with van der Waals surface area (Å²) < 4.78 is 68.8. The molecule has 1 aromatic heterocycles. The molecular formula is C37H42BF4N3O2RuS. The maximum Gasteiger partial charge on any atom is 4.00 e. The van der Waals surface area contributed by atoms with E-state index in [1.54, 1.807) is 36.7 Å². The van der Waals surface area contributed by atoms with Gasteiger partial charge >= 0.3 is 26.7 Å². The van der Waals surface area contributed by atoms with Crippen molar-refractivity contribution >= 4 is 17.3 Å². The average molecular weight is 781 g/mol. The Morgan fingerprint density at radius 1 is 0.633 bits per heavy atom. The van der Waals surface area contributed by atoms with E-state index in [0.29, 0.717) is 11.5 Å². The van der Waals surface area contributed by atoms with E-state index in [0.717, 1.165) is 11.1 Å². The predicted molar refractivity (Wildman–Crippen MR) is 191 cm³/mol. The number of aromatic nitrogens is 1. The number of sulfonamides is 1. The molecule has 12 heteroatoms. The molecule has 0 amide bonds. The van der Waals surface area contributed by atoms with E-state index in [9.17, 15) is 25.7 Å². The third-order valence-electron chi connectivity index (χ3n) is 6.50. The Kier molecular flexibility index (Phi) is 21.1. The number of benzene rings is 4. The molecule has 0 saturated carbocycles. The summed E-state index contributed by atoms with van der Waals surface area (Å²) in [6.07, 6.45) is 3.50. The smallest absolute Gasteiger partial charge is 0.672 e. The van der Waals surface area contributed by atoms with Crippen LogP contribution in [0.15, 0.2) is 145 Å². The number of aryl methyl sites for hydroxylation is 2. The maximum absolute atomic E-state index is 12.8. The second-order valence-electron chi connectivity index (χ2n) is 10.7. The predicted octanol–water partition coefficient (Wildman–Crippen LogP) is 11.5. The summed E-state index contributed by atoms with van der Waals surface area (Å²) in [6.45, 7) is 8.44. The molecule has 0 aliphatic rings. The number of rotatable bonds is 7. The van der Waals surface area contributed by atoms with Gasteiger partial charge in [-0.25, -0.2) is 8.42 Å². The van der Waals surface area contributed by atoms with Crippen LogP contribution < -0.4 is 0 Å². The Balaban J connectivity index is 0.000000818. The number of nitrogens with one attached hydrogen (secondary N) is 1. The minimum atomic E-state index is -6.00. The van der Waals surface area contributed by atoms with Gasteiger partial charge in [-0.05, 0) is 49.6 Å². The second kappa shape index (κ2) is 22.8. The largest absolute Gasteiger partial charge is 4.00 e. The van der Waals surface area contributed by atoms with E-state index < -0.39 is 29.4 Å². The van der Waals surface area contributed by atoms with Crippen LogP contribution in [0.25, 0.3) is 10.5 Å². The first kappa shape index (κ1) is 45.3. The van der Waals surface area contributed by atoms with Crippen LogP contribution in [-0.4, -0.2) is 20.7 Å². The zero-order valence-electron chi connectivity index (χ0n) is 28.1. The monoisotopic (exact) mass is 781 g/mol. The summed E-state index contributed by atoms with van der Waals surface area (Å²) in [5, 5.41) is 0. The molecule has 1 N–H and O–H groups in total. The first-order valence-electron chi connectivity index (χ1n) is 14.8. The molecule has 4 aromatic carbocycles. The topological polar surface area (TPSA) is 84.9 Å². The molecule has 262 valence electrons. The van der Waals surface area contributed by atoms with Gasteiger partial charge in [0, 0.05) is 17.3 Å². The van der Waals surface area contributed by atoms with Crippen LogP contribution in [0.5, 0.6) is 0 Å². The molecule has 0 fully saturated rings. The van der Waals surface area contributed by atoms with Crippen molar-refractivity contribution in [1.29, 1.82) is 0 Å². The Bertz CT molecular complexity index is 1630. The molecule has 0 spiro atoms. The Morgan fingerprint density at radius 2 is 1.02 bits per heavy atom. The summed E-state index contributed by atoms with van der Waals surface area (Å²) in [6, 6.07) is 37.7. The van der Waals surface area contributed by atoms with Crippen LogP contribution in [0.3, 0.4) is 0 Å². The van der Waals surface area contributed by atoms with Crippen LogP contribution in [-0.2, 0) is 29.5 Å². The van der Waals surface area contributed by atoms with E-state index in [1.807, 2.05) is 85.8 Å². The third kappa shape index (κ3) is 18.6. The SMILES string of the molecule is Cc1ccc(C(C)C)cc1.Cc1ccc(S(=O)(=O)[N-]C(c2ccccc2)C([NH-])c2ccccc2)cc1.F[B-](F)(F)F.[CH3-].[Ru+4].c1ccncc1. The van der Waals surface area contributed by atoms with Gasteiger partial charge in [-0.1, -0.05) is 139 Å². The van der Waals surface area contributed by atoms with Crippen LogP contribution in [0, 0.1) is 21.3 Å². The van der Waals surface area contributed by atoms with Crippen molar-refractivity contribution in [3.8, 4) is 0 Å². The minimum Gasteiger partial charge on any atom is -0.672 e. The van der Waals surface area contributed by atoms with Gasteiger partial charge in [0.05, 0.1) is 0 Å². The molecule has 0 bridgehead atoms. The van der Waals surface area contributed by atoms with Crippen LogP contribution in [0.2, 0.25) is 0 Å². The molecule has 5 nitrogen and oxygen atoms in total. The summed E-state index contributed by atoms with van der Waals surface area (Å²) in [4.78, 5) is 3.93. The molecule has 0 saturated heterocycles. The molecule has 0 radical (unpaired) electrons. The molecule has 2 unspecified atom stereocenters. The standard InChI is InChI=1S/C21H20N2O2S.C10H14.C5H5N.CH3.BF4.Ru/c1-16-12-14-19(15-13-16)26(24,25)23-21(18-10-6-3-7-11-18)20(22)17-8-4-2-5-9-17;1-8(2)10-6-4-9(3)5-7-10;1-2-4-6-5-3-1;;2-1(3,4)5;/h2-15,20-22H,1H3;4-8H,1-3H3;1-5H;1H3;;/q-2;;;2*-1;+4. The number of hydrogen-bond donors (Lipinski definition) is 0. The zero-order chi connectivity index (χ0) is 34.9. The molecule has 5 aromatic rings. The minimum absolute atomic E-state index is 0. The zero-order valence-corrected chi connectivity index (χ0v) is 30.6. The van der Waals surface area contributed by atoms with E-state index in [4.69, 9.17) is 5.73 Å². The molecule has 0 aliphatic heterocycles. The normalized spacial score (nSPS) is 11.7. The second-order valence-corrected chi connectivity index (χ2v) is 12.4. The van der Waals surface area contributed by atoms with Gasteiger partial charge in [-0.15, -0.1) is 12.1 Å². The van der Waals surface area contributed by atoms with E-state index in [-0.39, 0.29) is 31.8 Å². The summed E-state index contributed by atoms with van der Waals surface area (Å²) in [5.74, 6) is 0.653. The van der Waals surface area contributed by atoms with Crippen LogP contribution in [0.1, 0.15) is 59.7 Å². The number of hydrogen-bond acceptors (Lipinski definition) is 3. The fraction of sp³-hybridized carbons (Fsp3) is 0.189. The first-order chi connectivity index (χ1) is 22.2. The quantitative estimate of drug-likeness (QED) is 0.0936. The maximum atomic E-state index is 12.8. The van der Waals surface area contributed by atoms with Gasteiger partial charge in [0.2, 0.25) is 0 Å².